The van der Waals surface area contributed by atoms with E-state index in [1.54, 1.807) is 30.3 Å². The molecule has 6 rings (SSSR count). The number of ether oxygens (including phenoxy) is 1. The Hall–Kier alpha value is -5.15. The molecule has 4 aromatic carbocycles. The van der Waals surface area contributed by atoms with E-state index >= 15 is 0 Å². The quantitative estimate of drug-likeness (QED) is 0.0835. The van der Waals surface area contributed by atoms with Gasteiger partial charge in [0.2, 0.25) is 5.91 Å². The fourth-order valence-corrected chi connectivity index (χ4v) is 8.56. The van der Waals surface area contributed by atoms with Gasteiger partial charge in [-0.3, -0.25) is 18.6 Å². The molecule has 0 spiro atoms. The third-order valence-corrected chi connectivity index (χ3v) is 11.4. The highest BCUT2D eigenvalue weighted by atomic mass is 32.3. The number of benzene rings is 4. The third-order valence-electron chi connectivity index (χ3n) is 7.99. The molecule has 1 saturated heterocycles. The molecule has 1 amide bonds. The Morgan fingerprint density at radius 3 is 2.19 bits per heavy atom. The highest BCUT2D eigenvalue weighted by Gasteiger charge is 2.48. The first-order valence-corrected chi connectivity index (χ1v) is 18.3. The van der Waals surface area contributed by atoms with E-state index in [0.29, 0.717) is 11.6 Å². The topological polar surface area (TPSA) is 171 Å². The first-order chi connectivity index (χ1) is 24.8. The van der Waals surface area contributed by atoms with E-state index in [4.69, 9.17) is 0 Å². The van der Waals surface area contributed by atoms with Crippen LogP contribution in [0.15, 0.2) is 102 Å². The fraction of sp³-hybridized carbons (Fsp3) is 0.182. The first kappa shape index (κ1) is 37.6. The lowest BCUT2D eigenvalue weighted by molar-refractivity contribution is -0.275. The minimum Gasteiger partial charge on any atom is -0.404 e. The SMILES string of the molecule is O=C1CC(c2ccc(CC(c3nc4ccccc4[nH]3)N(OC(=O)C(F)(F)F)S(=O)(=O)c3ccc(-c4ccccc4)cc3OC(F)(F)F)cc2)S(O)(O)N1. The second-order valence-electron chi connectivity index (χ2n) is 11.6. The van der Waals surface area contributed by atoms with Gasteiger partial charge in [0, 0.05) is 0 Å². The predicted octanol–water partition coefficient (Wildman–Crippen LogP) is 7.35. The van der Waals surface area contributed by atoms with Crippen LogP contribution in [0.4, 0.5) is 26.3 Å². The normalized spacial score (nSPS) is 17.4. The Morgan fingerprint density at radius 2 is 1.58 bits per heavy atom. The summed E-state index contributed by atoms with van der Waals surface area (Å²) in [4.78, 5) is 34.5. The van der Waals surface area contributed by atoms with Crippen molar-refractivity contribution < 1.29 is 63.0 Å². The van der Waals surface area contributed by atoms with Crippen molar-refractivity contribution in [2.24, 2.45) is 0 Å². The summed E-state index contributed by atoms with van der Waals surface area (Å²) < 4.78 is 138. The number of carbonyl (C=O) groups is 2. The summed E-state index contributed by atoms with van der Waals surface area (Å²) in [5.74, 6) is -5.34. The number of imidazole rings is 1. The summed E-state index contributed by atoms with van der Waals surface area (Å²) >= 11 is 0. The lowest BCUT2D eigenvalue weighted by atomic mass is 10.0. The van der Waals surface area contributed by atoms with Gasteiger partial charge in [-0.05, 0) is 57.4 Å². The summed E-state index contributed by atoms with van der Waals surface area (Å²) in [5, 5.41) is -1.05. The van der Waals surface area contributed by atoms with E-state index in [0.717, 1.165) is 12.1 Å². The number of aromatic nitrogens is 2. The van der Waals surface area contributed by atoms with Crippen LogP contribution in [-0.2, 0) is 30.9 Å². The molecule has 4 N–H and O–H groups in total. The Morgan fingerprint density at radius 1 is 0.925 bits per heavy atom. The third kappa shape index (κ3) is 8.25. The molecule has 20 heteroatoms. The Labute approximate surface area is 297 Å². The summed E-state index contributed by atoms with van der Waals surface area (Å²) in [7, 11) is -9.28. The molecule has 2 unspecified atom stereocenters. The minimum absolute atomic E-state index is 0.0485. The summed E-state index contributed by atoms with van der Waals surface area (Å²) in [6, 6.07) is 19.8. The zero-order chi connectivity index (χ0) is 38.3. The van der Waals surface area contributed by atoms with Crippen LogP contribution in [0.1, 0.15) is 34.7 Å². The number of nitrogens with one attached hydrogen (secondary N) is 2. The van der Waals surface area contributed by atoms with Gasteiger partial charge in [-0.15, -0.1) is 23.9 Å². The van der Waals surface area contributed by atoms with Gasteiger partial charge in [0.25, 0.3) is 10.0 Å². The molecule has 0 bridgehead atoms. The van der Waals surface area contributed by atoms with Crippen LogP contribution in [0.2, 0.25) is 0 Å². The summed E-state index contributed by atoms with van der Waals surface area (Å²) in [6.45, 7) is 0. The molecule has 280 valence electrons. The molecule has 0 aliphatic carbocycles. The number of rotatable bonds is 10. The monoisotopic (exact) mass is 784 g/mol. The molecule has 12 nitrogen and oxygen atoms in total. The lowest BCUT2D eigenvalue weighted by Gasteiger charge is -2.33. The van der Waals surface area contributed by atoms with Crippen molar-refractivity contribution in [3.8, 4) is 16.9 Å². The molecule has 2 atom stereocenters. The van der Waals surface area contributed by atoms with Crippen molar-refractivity contribution in [1.82, 2.24) is 19.2 Å². The number of fused-ring (bicyclic) bond motifs is 1. The Bertz CT molecular complexity index is 2230. The Kier molecular flexibility index (Phi) is 9.94. The van der Waals surface area contributed by atoms with Crippen LogP contribution >= 0.6 is 10.8 Å². The standard InChI is InChI=1S/C33H26F6N4O8S2/c34-32(35,36)31(45)51-43(53(48,49)27-15-14-22(20-6-2-1-3-7-20)17-26(27)50-33(37,38)39)25(30-40-23-8-4-5-9-24(23)41-30)16-19-10-12-21(13-11-19)28-18-29(44)42-52(28,46)47/h1-15,17,25,28,46-47H,16,18H2,(H,40,41)(H,42,44). The minimum atomic E-state index is -5.77. The van der Waals surface area contributed by atoms with Crippen molar-refractivity contribution >= 4 is 43.7 Å². The van der Waals surface area contributed by atoms with Crippen LogP contribution in [-0.4, -0.2) is 56.4 Å². The number of amides is 1. The van der Waals surface area contributed by atoms with Gasteiger partial charge in [-0.1, -0.05) is 72.8 Å². The maximum atomic E-state index is 14.4. The molecule has 2 heterocycles. The van der Waals surface area contributed by atoms with Crippen molar-refractivity contribution in [2.45, 2.75) is 41.6 Å². The lowest BCUT2D eigenvalue weighted by Crippen LogP contribution is -2.42. The van der Waals surface area contributed by atoms with Gasteiger partial charge in [0.15, 0.2) is 0 Å². The number of hydrogen-bond donors (Lipinski definition) is 4. The van der Waals surface area contributed by atoms with Gasteiger partial charge in [0.1, 0.15) is 27.8 Å². The molecule has 1 aliphatic heterocycles. The first-order valence-electron chi connectivity index (χ1n) is 15.2. The molecule has 5 aromatic rings. The van der Waals surface area contributed by atoms with Gasteiger partial charge >= 0.3 is 18.5 Å². The molecule has 0 radical (unpaired) electrons. The largest absolute Gasteiger partial charge is 0.573 e. The second-order valence-corrected chi connectivity index (χ2v) is 15.3. The molecular weight excluding hydrogens is 759 g/mol. The van der Waals surface area contributed by atoms with Gasteiger partial charge in [-0.2, -0.15) is 13.2 Å². The number of sulfonamides is 1. The van der Waals surface area contributed by atoms with E-state index in [-0.39, 0.29) is 44.4 Å². The molecular formula is C33H26F6N4O8S2. The summed E-state index contributed by atoms with van der Waals surface area (Å²) in [5.41, 5.74) is 1.30. The number of H-pyrrole nitrogens is 1. The van der Waals surface area contributed by atoms with E-state index in [1.165, 1.54) is 48.5 Å². The second kappa shape index (κ2) is 14.0. The zero-order valence-electron chi connectivity index (χ0n) is 26.6. The molecule has 1 aliphatic rings. The van der Waals surface area contributed by atoms with Crippen molar-refractivity contribution in [1.29, 1.82) is 0 Å². The van der Waals surface area contributed by atoms with Crippen LogP contribution in [0, 0.1) is 0 Å². The fourth-order valence-electron chi connectivity index (χ4n) is 5.61. The van der Waals surface area contributed by atoms with E-state index in [9.17, 15) is 53.5 Å². The smallest absolute Gasteiger partial charge is 0.404 e. The number of para-hydroxylation sites is 2. The maximum absolute atomic E-state index is 14.4. The number of alkyl halides is 6. The van der Waals surface area contributed by atoms with Gasteiger partial charge in [-0.25, -0.2) is 18.2 Å². The van der Waals surface area contributed by atoms with Crippen molar-refractivity contribution in [3.63, 3.8) is 0 Å². The van der Waals surface area contributed by atoms with Crippen LogP contribution in [0.3, 0.4) is 0 Å². The highest BCUT2D eigenvalue weighted by molar-refractivity contribution is 8.23. The molecule has 0 saturated carbocycles. The number of hydrogen-bond acceptors (Lipinski definition) is 9. The Balaban J connectivity index is 1.50. The van der Waals surface area contributed by atoms with E-state index in [2.05, 4.69) is 24.3 Å². The van der Waals surface area contributed by atoms with E-state index in [1.807, 2.05) is 0 Å². The molecule has 1 fully saturated rings. The molecule has 53 heavy (non-hydrogen) atoms. The van der Waals surface area contributed by atoms with Crippen molar-refractivity contribution in [2.75, 3.05) is 0 Å². The number of carbonyl (C=O) groups excluding carboxylic acids is 2. The average Bonchev–Trinajstić information content (AvgIpc) is 3.64. The van der Waals surface area contributed by atoms with E-state index < -0.39 is 73.6 Å². The zero-order valence-corrected chi connectivity index (χ0v) is 28.3. The number of halogens is 6. The number of aromatic amines is 1. The maximum Gasteiger partial charge on any atom is 0.573 e. The van der Waals surface area contributed by atoms with Crippen LogP contribution in [0.5, 0.6) is 5.75 Å². The number of nitrogens with zero attached hydrogens (tertiary/aromatic N) is 2. The number of hydroxylamine groups is 1. The average molecular weight is 785 g/mol. The van der Waals surface area contributed by atoms with Gasteiger partial charge < -0.3 is 14.6 Å². The highest BCUT2D eigenvalue weighted by Crippen LogP contribution is 2.56. The van der Waals surface area contributed by atoms with Crippen LogP contribution < -0.4 is 9.46 Å². The predicted molar refractivity (Wildman–Crippen MR) is 177 cm³/mol. The summed E-state index contributed by atoms with van der Waals surface area (Å²) in [6.07, 6.45) is -12.1. The van der Waals surface area contributed by atoms with Gasteiger partial charge in [0.05, 0.1) is 17.5 Å². The van der Waals surface area contributed by atoms with Crippen molar-refractivity contribution in [3.05, 3.63) is 114 Å². The molecule has 1 aromatic heterocycles. The van der Waals surface area contributed by atoms with Crippen LogP contribution in [0.25, 0.3) is 22.2 Å².